The average molecular weight is 157 g/mol. The summed E-state index contributed by atoms with van der Waals surface area (Å²) in [5.74, 6) is 1.03. The summed E-state index contributed by atoms with van der Waals surface area (Å²) < 4.78 is 4.98. The molecule has 1 amide bonds. The fourth-order valence-corrected chi connectivity index (χ4v) is 1.70. The van der Waals surface area contributed by atoms with E-state index in [0.717, 1.165) is 19.4 Å². The number of nitrogens with two attached hydrogens (primary N) is 1. The lowest BCUT2D eigenvalue weighted by molar-refractivity contribution is -0.120. The number of carbonyl (C=O) groups is 1. The molecule has 0 aliphatic heterocycles. The number of amides is 1. The quantitative estimate of drug-likeness (QED) is 0.647. The van der Waals surface area contributed by atoms with Gasteiger partial charge in [0.2, 0.25) is 5.91 Å². The van der Waals surface area contributed by atoms with Crippen LogP contribution in [0.4, 0.5) is 0 Å². The van der Waals surface area contributed by atoms with Gasteiger partial charge in [0.05, 0.1) is 0 Å². The number of carbonyl (C=O) groups excluding carboxylic acids is 1. The van der Waals surface area contributed by atoms with E-state index in [1.54, 1.807) is 7.11 Å². The van der Waals surface area contributed by atoms with Gasteiger partial charge in [0, 0.05) is 20.1 Å². The van der Waals surface area contributed by atoms with Crippen LogP contribution in [0.3, 0.4) is 0 Å². The van der Waals surface area contributed by atoms with E-state index in [1.807, 2.05) is 0 Å². The number of methoxy groups -OCH3 is 1. The summed E-state index contributed by atoms with van der Waals surface area (Å²) in [4.78, 5) is 10.5. The van der Waals surface area contributed by atoms with E-state index in [1.165, 1.54) is 0 Å². The molecule has 0 aromatic carbocycles. The summed E-state index contributed by atoms with van der Waals surface area (Å²) in [6.07, 6.45) is 2.77. The van der Waals surface area contributed by atoms with Crippen LogP contribution in [0, 0.1) is 11.8 Å². The standard InChI is InChI=1S/C8H15NO2/c1-11-5-7-2-6(3-7)4-8(9)10/h6-7H,2-5H2,1H3,(H2,9,10)/t6-,7-. The Balaban J connectivity index is 2.04. The van der Waals surface area contributed by atoms with E-state index in [-0.39, 0.29) is 5.91 Å². The highest BCUT2D eigenvalue weighted by molar-refractivity contribution is 5.74. The molecule has 1 rings (SSSR count). The zero-order chi connectivity index (χ0) is 8.27. The van der Waals surface area contributed by atoms with Crippen molar-refractivity contribution in [2.75, 3.05) is 13.7 Å². The molecule has 1 saturated carbocycles. The Labute approximate surface area is 66.9 Å². The second-order valence-corrected chi connectivity index (χ2v) is 3.33. The van der Waals surface area contributed by atoms with Crippen LogP contribution >= 0.6 is 0 Å². The van der Waals surface area contributed by atoms with Gasteiger partial charge in [-0.25, -0.2) is 0 Å². The molecule has 0 unspecified atom stereocenters. The molecule has 0 aromatic rings. The van der Waals surface area contributed by atoms with E-state index >= 15 is 0 Å². The summed E-state index contributed by atoms with van der Waals surface area (Å²) in [7, 11) is 1.71. The van der Waals surface area contributed by atoms with Crippen molar-refractivity contribution in [2.45, 2.75) is 19.3 Å². The van der Waals surface area contributed by atoms with Crippen molar-refractivity contribution in [3.8, 4) is 0 Å². The Morgan fingerprint density at radius 2 is 2.18 bits per heavy atom. The van der Waals surface area contributed by atoms with Gasteiger partial charge < -0.3 is 10.5 Å². The smallest absolute Gasteiger partial charge is 0.217 e. The van der Waals surface area contributed by atoms with Gasteiger partial charge in [0.1, 0.15) is 0 Å². The van der Waals surface area contributed by atoms with E-state index in [9.17, 15) is 4.79 Å². The Morgan fingerprint density at radius 3 is 2.64 bits per heavy atom. The van der Waals surface area contributed by atoms with Gasteiger partial charge in [-0.2, -0.15) is 0 Å². The van der Waals surface area contributed by atoms with Gasteiger partial charge >= 0.3 is 0 Å². The molecule has 0 saturated heterocycles. The maximum absolute atomic E-state index is 10.5. The minimum absolute atomic E-state index is 0.175. The first kappa shape index (κ1) is 8.53. The first-order chi connectivity index (χ1) is 5.22. The molecule has 0 heterocycles. The third-order valence-corrected chi connectivity index (χ3v) is 2.23. The summed E-state index contributed by atoms with van der Waals surface area (Å²) in [5.41, 5.74) is 5.05. The van der Waals surface area contributed by atoms with Gasteiger partial charge in [-0.3, -0.25) is 4.79 Å². The first-order valence-electron chi connectivity index (χ1n) is 3.99. The highest BCUT2D eigenvalue weighted by atomic mass is 16.5. The average Bonchev–Trinajstić information content (AvgIpc) is 1.82. The molecular weight excluding hydrogens is 142 g/mol. The monoisotopic (exact) mass is 157 g/mol. The highest BCUT2D eigenvalue weighted by Crippen LogP contribution is 2.35. The molecule has 1 aliphatic carbocycles. The topological polar surface area (TPSA) is 52.3 Å². The van der Waals surface area contributed by atoms with Crippen molar-refractivity contribution in [3.63, 3.8) is 0 Å². The molecule has 64 valence electrons. The molecule has 2 N–H and O–H groups in total. The molecule has 0 atom stereocenters. The maximum Gasteiger partial charge on any atom is 0.217 e. The summed E-state index contributed by atoms with van der Waals surface area (Å²) in [6, 6.07) is 0. The Kier molecular flexibility index (Phi) is 2.88. The summed E-state index contributed by atoms with van der Waals surface area (Å²) in [6.45, 7) is 0.829. The van der Waals surface area contributed by atoms with E-state index in [0.29, 0.717) is 18.3 Å². The van der Waals surface area contributed by atoms with E-state index < -0.39 is 0 Å². The molecule has 3 nitrogen and oxygen atoms in total. The van der Waals surface area contributed by atoms with E-state index in [4.69, 9.17) is 10.5 Å². The first-order valence-corrected chi connectivity index (χ1v) is 3.99. The number of primary amides is 1. The number of ether oxygens (including phenoxy) is 1. The molecular formula is C8H15NO2. The van der Waals surface area contributed by atoms with Crippen molar-refractivity contribution < 1.29 is 9.53 Å². The Bertz CT molecular complexity index is 141. The predicted molar refractivity (Wildman–Crippen MR) is 41.9 cm³/mol. The van der Waals surface area contributed by atoms with Crippen LogP contribution in [-0.4, -0.2) is 19.6 Å². The number of rotatable bonds is 4. The second-order valence-electron chi connectivity index (χ2n) is 3.33. The molecule has 0 radical (unpaired) electrons. The van der Waals surface area contributed by atoms with Crippen molar-refractivity contribution in [1.82, 2.24) is 0 Å². The lowest BCUT2D eigenvalue weighted by atomic mass is 9.73. The van der Waals surface area contributed by atoms with Gasteiger partial charge in [0.25, 0.3) is 0 Å². The van der Waals surface area contributed by atoms with Gasteiger partial charge in [-0.15, -0.1) is 0 Å². The number of hydrogen-bond acceptors (Lipinski definition) is 2. The normalized spacial score (nSPS) is 29.5. The third kappa shape index (κ3) is 2.50. The van der Waals surface area contributed by atoms with Gasteiger partial charge in [-0.1, -0.05) is 0 Å². The van der Waals surface area contributed by atoms with E-state index in [2.05, 4.69) is 0 Å². The van der Waals surface area contributed by atoms with Crippen LogP contribution in [-0.2, 0) is 9.53 Å². The van der Waals surface area contributed by atoms with Gasteiger partial charge in [-0.05, 0) is 24.7 Å². The molecule has 0 aromatic heterocycles. The van der Waals surface area contributed by atoms with Crippen molar-refractivity contribution in [1.29, 1.82) is 0 Å². The second kappa shape index (κ2) is 3.72. The summed E-state index contributed by atoms with van der Waals surface area (Å²) in [5, 5.41) is 0. The highest BCUT2D eigenvalue weighted by Gasteiger charge is 2.29. The van der Waals surface area contributed by atoms with Crippen molar-refractivity contribution in [2.24, 2.45) is 17.6 Å². The Hall–Kier alpha value is -0.570. The predicted octanol–water partition coefficient (Wildman–Crippen LogP) is 0.534. The maximum atomic E-state index is 10.5. The minimum atomic E-state index is -0.175. The molecule has 11 heavy (non-hydrogen) atoms. The number of hydrogen-bond donors (Lipinski definition) is 1. The van der Waals surface area contributed by atoms with Crippen LogP contribution in [0.1, 0.15) is 19.3 Å². The fourth-order valence-electron chi connectivity index (χ4n) is 1.70. The lowest BCUT2D eigenvalue weighted by Crippen LogP contribution is -2.30. The molecule has 0 bridgehead atoms. The lowest BCUT2D eigenvalue weighted by Gasteiger charge is -2.33. The zero-order valence-corrected chi connectivity index (χ0v) is 6.88. The Morgan fingerprint density at radius 1 is 1.55 bits per heavy atom. The minimum Gasteiger partial charge on any atom is -0.384 e. The van der Waals surface area contributed by atoms with Gasteiger partial charge in [0.15, 0.2) is 0 Å². The largest absolute Gasteiger partial charge is 0.384 e. The van der Waals surface area contributed by atoms with Crippen LogP contribution in [0.15, 0.2) is 0 Å². The molecule has 3 heteroatoms. The molecule has 1 fully saturated rings. The van der Waals surface area contributed by atoms with Crippen molar-refractivity contribution >= 4 is 5.91 Å². The van der Waals surface area contributed by atoms with Crippen LogP contribution in [0.25, 0.3) is 0 Å². The fraction of sp³-hybridized carbons (Fsp3) is 0.875. The zero-order valence-electron chi connectivity index (χ0n) is 6.88. The van der Waals surface area contributed by atoms with Crippen molar-refractivity contribution in [3.05, 3.63) is 0 Å². The SMILES string of the molecule is COC[C@H]1C[C@H](CC(N)=O)C1. The van der Waals surface area contributed by atoms with Crippen LogP contribution in [0.5, 0.6) is 0 Å². The third-order valence-electron chi connectivity index (χ3n) is 2.23. The molecule has 0 spiro atoms. The summed E-state index contributed by atoms with van der Waals surface area (Å²) >= 11 is 0. The van der Waals surface area contributed by atoms with Crippen LogP contribution in [0.2, 0.25) is 0 Å². The van der Waals surface area contributed by atoms with Crippen LogP contribution < -0.4 is 5.73 Å². The molecule has 1 aliphatic rings.